The molecule has 156 valence electrons. The molecule has 0 fully saturated rings. The van der Waals surface area contributed by atoms with Crippen molar-refractivity contribution >= 4 is 39.6 Å². The molecule has 4 rings (SSSR count). The largest absolute Gasteiger partial charge is 0.493 e. The van der Waals surface area contributed by atoms with Crippen LogP contribution in [0.4, 0.5) is 11.4 Å². The van der Waals surface area contributed by atoms with Gasteiger partial charge in [0.2, 0.25) is 11.0 Å². The zero-order valence-electron chi connectivity index (χ0n) is 17.8. The van der Waals surface area contributed by atoms with E-state index in [0.717, 1.165) is 33.3 Å². The van der Waals surface area contributed by atoms with Gasteiger partial charge in [-0.2, -0.15) is 0 Å². The van der Waals surface area contributed by atoms with E-state index < -0.39 is 0 Å². The molecular formula is C25H24N4OS. The van der Waals surface area contributed by atoms with Gasteiger partial charge in [-0.1, -0.05) is 60.2 Å². The molecule has 1 aromatic heterocycles. The molecule has 0 aliphatic heterocycles. The zero-order valence-corrected chi connectivity index (χ0v) is 18.6. The number of benzene rings is 3. The molecule has 4 aromatic rings. The van der Waals surface area contributed by atoms with Gasteiger partial charge in [-0.25, -0.2) is 0 Å². The van der Waals surface area contributed by atoms with E-state index in [9.17, 15) is 5.11 Å². The summed E-state index contributed by atoms with van der Waals surface area (Å²) in [5, 5.41) is 23.7. The van der Waals surface area contributed by atoms with Crippen LogP contribution in [-0.2, 0) is 6.54 Å². The van der Waals surface area contributed by atoms with Gasteiger partial charge in [-0.05, 0) is 61.8 Å². The van der Waals surface area contributed by atoms with Crippen LogP contribution in [0.3, 0.4) is 0 Å². The molecule has 31 heavy (non-hydrogen) atoms. The number of hydrogen-bond acceptors (Lipinski definition) is 3. The second-order valence-corrected chi connectivity index (χ2v) is 8.10. The van der Waals surface area contributed by atoms with Crippen molar-refractivity contribution in [1.82, 2.24) is 4.57 Å². The summed E-state index contributed by atoms with van der Waals surface area (Å²) in [7, 11) is 0. The predicted octanol–water partition coefficient (Wildman–Crippen LogP) is 6.80. The number of para-hydroxylation sites is 1. The average molecular weight is 429 g/mol. The van der Waals surface area contributed by atoms with Crippen LogP contribution in [0.2, 0.25) is 0 Å². The van der Waals surface area contributed by atoms with Gasteiger partial charge < -0.3 is 15.0 Å². The summed E-state index contributed by atoms with van der Waals surface area (Å²) in [5.74, 6) is 0.0704. The van der Waals surface area contributed by atoms with E-state index in [1.165, 1.54) is 5.56 Å². The number of rotatable bonds is 4. The normalized spacial score (nSPS) is 11.3. The Labute approximate surface area is 187 Å². The number of aromatic hydroxyl groups is 1. The van der Waals surface area contributed by atoms with Crippen molar-refractivity contribution in [2.24, 2.45) is 10.2 Å². The Morgan fingerprint density at radius 1 is 0.968 bits per heavy atom. The number of fused-ring (bicyclic) bond motifs is 1. The molecule has 1 heterocycles. The molecule has 0 unspecified atom stereocenters. The summed E-state index contributed by atoms with van der Waals surface area (Å²) in [5.41, 5.74) is 6.68. The maximum absolute atomic E-state index is 11.0. The maximum atomic E-state index is 11.0. The Hall–Kier alpha value is -3.51. The molecule has 0 aliphatic rings. The van der Waals surface area contributed by atoms with Crippen LogP contribution in [0, 0.1) is 20.8 Å². The first kappa shape index (κ1) is 20.8. The van der Waals surface area contributed by atoms with Crippen molar-refractivity contribution in [3.05, 3.63) is 89.0 Å². The van der Waals surface area contributed by atoms with E-state index in [-0.39, 0.29) is 11.0 Å². The van der Waals surface area contributed by atoms with Gasteiger partial charge in [-0.3, -0.25) is 0 Å². The molecule has 0 saturated heterocycles. The predicted molar refractivity (Wildman–Crippen MR) is 131 cm³/mol. The van der Waals surface area contributed by atoms with Gasteiger partial charge in [0.05, 0.1) is 12.1 Å². The number of aryl methyl sites for hydroxylation is 3. The smallest absolute Gasteiger partial charge is 0.221 e. The number of anilines is 1. The van der Waals surface area contributed by atoms with Crippen LogP contribution in [0.25, 0.3) is 10.9 Å². The summed E-state index contributed by atoms with van der Waals surface area (Å²) in [6.45, 7) is 6.62. The average Bonchev–Trinajstić information content (AvgIpc) is 3.00. The number of nitrogens with one attached hydrogen (secondary N) is 1. The quantitative estimate of drug-likeness (QED) is 0.277. The summed E-state index contributed by atoms with van der Waals surface area (Å²) in [6, 6.07) is 22.1. The van der Waals surface area contributed by atoms with Crippen LogP contribution in [-0.4, -0.2) is 14.8 Å². The maximum Gasteiger partial charge on any atom is 0.221 e. The molecule has 2 N–H and O–H groups in total. The fourth-order valence-corrected chi connectivity index (χ4v) is 3.78. The lowest BCUT2D eigenvalue weighted by molar-refractivity contribution is 0.429. The standard InChI is InChI=1S/C25H24N4OS/c1-16-7-6-8-19(13-16)15-29-22-10-5-4-9-20(22)23(24(29)30)27-28-25(31)26-21-14-17(2)11-12-18(21)3/h4-14,30H,15H2,1-3H3,(H,26,31). The highest BCUT2D eigenvalue weighted by atomic mass is 32.1. The van der Waals surface area contributed by atoms with E-state index >= 15 is 0 Å². The molecular weight excluding hydrogens is 404 g/mol. The minimum Gasteiger partial charge on any atom is -0.493 e. The van der Waals surface area contributed by atoms with Crippen LogP contribution in [0.1, 0.15) is 22.3 Å². The highest BCUT2D eigenvalue weighted by molar-refractivity contribution is 7.80. The molecule has 0 atom stereocenters. The zero-order chi connectivity index (χ0) is 22.0. The lowest BCUT2D eigenvalue weighted by Gasteiger charge is -2.08. The van der Waals surface area contributed by atoms with Gasteiger partial charge in [0, 0.05) is 11.1 Å². The third-order valence-electron chi connectivity index (χ3n) is 5.22. The van der Waals surface area contributed by atoms with Crippen molar-refractivity contribution in [3.63, 3.8) is 0 Å². The van der Waals surface area contributed by atoms with Gasteiger partial charge in [0.15, 0.2) is 5.69 Å². The van der Waals surface area contributed by atoms with Crippen molar-refractivity contribution in [1.29, 1.82) is 0 Å². The Balaban J connectivity index is 1.65. The molecule has 5 nitrogen and oxygen atoms in total. The molecule has 0 radical (unpaired) electrons. The first-order valence-corrected chi connectivity index (χ1v) is 10.5. The van der Waals surface area contributed by atoms with E-state index in [4.69, 9.17) is 12.2 Å². The van der Waals surface area contributed by atoms with Crippen LogP contribution in [0.15, 0.2) is 77.0 Å². The first-order chi connectivity index (χ1) is 14.9. The molecule has 0 bridgehead atoms. The number of azo groups is 1. The van der Waals surface area contributed by atoms with E-state index in [0.29, 0.717) is 12.2 Å². The molecule has 0 amide bonds. The van der Waals surface area contributed by atoms with Crippen molar-refractivity contribution in [2.75, 3.05) is 5.32 Å². The number of nitrogens with zero attached hydrogens (tertiary/aromatic N) is 3. The molecule has 0 aliphatic carbocycles. The first-order valence-electron chi connectivity index (χ1n) is 10.1. The van der Waals surface area contributed by atoms with Crippen molar-refractivity contribution in [2.45, 2.75) is 27.3 Å². The fraction of sp³-hybridized carbons (Fsp3) is 0.160. The Kier molecular flexibility index (Phi) is 5.82. The van der Waals surface area contributed by atoms with E-state index in [1.807, 2.05) is 73.0 Å². The van der Waals surface area contributed by atoms with Gasteiger partial charge in [0.1, 0.15) is 0 Å². The van der Waals surface area contributed by atoms with E-state index in [1.54, 1.807) is 0 Å². The second kappa shape index (κ2) is 8.70. The fourth-order valence-electron chi connectivity index (χ4n) is 3.63. The van der Waals surface area contributed by atoms with Crippen LogP contribution in [0.5, 0.6) is 5.88 Å². The minimum atomic E-state index is 0.0704. The SMILES string of the molecule is Cc1cccc(Cn2c(O)c(N=NC(=S)Nc3cc(C)ccc3C)c3ccccc32)c1. The highest BCUT2D eigenvalue weighted by Gasteiger charge is 2.17. The van der Waals surface area contributed by atoms with Crippen molar-refractivity contribution < 1.29 is 5.11 Å². The Morgan fingerprint density at radius 2 is 1.74 bits per heavy atom. The number of thiocarbonyl (C=S) groups is 1. The highest BCUT2D eigenvalue weighted by Crippen LogP contribution is 2.39. The summed E-state index contributed by atoms with van der Waals surface area (Å²) in [6.07, 6.45) is 0. The molecule has 6 heteroatoms. The Bertz CT molecular complexity index is 1310. The summed E-state index contributed by atoms with van der Waals surface area (Å²) >= 11 is 5.37. The summed E-state index contributed by atoms with van der Waals surface area (Å²) < 4.78 is 1.85. The van der Waals surface area contributed by atoms with Crippen molar-refractivity contribution in [3.8, 4) is 5.88 Å². The number of hydrogen-bond donors (Lipinski definition) is 2. The van der Waals surface area contributed by atoms with Gasteiger partial charge in [-0.15, -0.1) is 10.2 Å². The third-order valence-corrected chi connectivity index (χ3v) is 5.40. The third kappa shape index (κ3) is 4.49. The molecule has 0 saturated carbocycles. The molecule has 3 aromatic carbocycles. The van der Waals surface area contributed by atoms with Gasteiger partial charge in [0.25, 0.3) is 0 Å². The lowest BCUT2D eigenvalue weighted by Crippen LogP contribution is -2.06. The Morgan fingerprint density at radius 3 is 2.55 bits per heavy atom. The van der Waals surface area contributed by atoms with E-state index in [2.05, 4.69) is 34.6 Å². The minimum absolute atomic E-state index is 0.0704. The second-order valence-electron chi connectivity index (χ2n) is 7.71. The number of aromatic nitrogens is 1. The topological polar surface area (TPSA) is 61.9 Å². The lowest BCUT2D eigenvalue weighted by atomic mass is 10.1. The van der Waals surface area contributed by atoms with Gasteiger partial charge >= 0.3 is 0 Å². The summed E-state index contributed by atoms with van der Waals surface area (Å²) in [4.78, 5) is 0. The monoisotopic (exact) mass is 428 g/mol. The van der Waals surface area contributed by atoms with Crippen LogP contribution >= 0.6 is 12.2 Å². The molecule has 0 spiro atoms. The van der Waals surface area contributed by atoms with Crippen LogP contribution < -0.4 is 5.32 Å².